The largest absolute Gasteiger partial charge is 0.481 e. The van der Waals surface area contributed by atoms with E-state index in [4.69, 9.17) is 9.84 Å². The van der Waals surface area contributed by atoms with Crippen LogP contribution in [0.1, 0.15) is 47.7 Å². The second kappa shape index (κ2) is 7.22. The minimum absolute atomic E-state index is 0.0878. The highest BCUT2D eigenvalue weighted by molar-refractivity contribution is 5.94. The average Bonchev–Trinajstić information content (AvgIpc) is 2.92. The summed E-state index contributed by atoms with van der Waals surface area (Å²) >= 11 is 0. The molecule has 2 N–H and O–H groups in total. The van der Waals surface area contributed by atoms with Crippen LogP contribution in [-0.4, -0.2) is 23.5 Å². The Morgan fingerprint density at radius 3 is 2.81 bits per heavy atom. The molecule has 0 radical (unpaired) electrons. The lowest BCUT2D eigenvalue weighted by Gasteiger charge is -2.11. The van der Waals surface area contributed by atoms with Crippen LogP contribution in [0.4, 0.5) is 0 Å². The first-order valence-electron chi connectivity index (χ1n) is 7.26. The molecule has 1 aliphatic heterocycles. The highest BCUT2D eigenvalue weighted by atomic mass is 16.5. The first kappa shape index (κ1) is 15.5. The summed E-state index contributed by atoms with van der Waals surface area (Å²) in [5.74, 6) is -0.573. The van der Waals surface area contributed by atoms with Crippen molar-refractivity contribution >= 4 is 11.9 Å². The van der Waals surface area contributed by atoms with E-state index in [1.54, 1.807) is 0 Å². The molecule has 21 heavy (non-hydrogen) atoms. The molecule has 5 nitrogen and oxygen atoms in total. The summed E-state index contributed by atoms with van der Waals surface area (Å²) in [5.41, 5.74) is 2.88. The molecule has 0 saturated carbocycles. The molecule has 0 fully saturated rings. The summed E-state index contributed by atoms with van der Waals surface area (Å²) in [7, 11) is 0. The van der Waals surface area contributed by atoms with E-state index in [1.165, 1.54) is 0 Å². The van der Waals surface area contributed by atoms with Crippen molar-refractivity contribution in [2.45, 2.75) is 39.4 Å². The number of hydrogen-bond acceptors (Lipinski definition) is 3. The predicted octanol–water partition coefficient (Wildman–Crippen LogP) is 2.34. The maximum Gasteiger partial charge on any atom is 0.303 e. The Morgan fingerprint density at radius 2 is 2.05 bits per heavy atom. The van der Waals surface area contributed by atoms with Crippen molar-refractivity contribution in [2.75, 3.05) is 6.54 Å². The fourth-order valence-electron chi connectivity index (χ4n) is 2.36. The van der Waals surface area contributed by atoms with Gasteiger partial charge in [-0.25, -0.2) is 0 Å². The molecule has 114 valence electrons. The second-order valence-corrected chi connectivity index (χ2v) is 5.56. The number of carboxylic acid groups (broad SMARTS) is 1. The van der Waals surface area contributed by atoms with Gasteiger partial charge in [0.05, 0.1) is 13.2 Å². The van der Waals surface area contributed by atoms with Crippen LogP contribution in [0.25, 0.3) is 0 Å². The summed E-state index contributed by atoms with van der Waals surface area (Å²) in [5, 5.41) is 11.5. The Balaban J connectivity index is 1.76. The van der Waals surface area contributed by atoms with Gasteiger partial charge in [0, 0.05) is 18.5 Å². The predicted molar refractivity (Wildman–Crippen MR) is 77.9 cm³/mol. The lowest BCUT2D eigenvalue weighted by Crippen LogP contribution is -2.25. The summed E-state index contributed by atoms with van der Waals surface area (Å²) in [6, 6.07) is 5.63. The second-order valence-electron chi connectivity index (χ2n) is 5.56. The number of benzene rings is 1. The number of amides is 1. The van der Waals surface area contributed by atoms with E-state index < -0.39 is 5.97 Å². The average molecular weight is 291 g/mol. The van der Waals surface area contributed by atoms with Crippen LogP contribution >= 0.6 is 0 Å². The molecule has 1 aromatic carbocycles. The van der Waals surface area contributed by atoms with E-state index in [-0.39, 0.29) is 18.2 Å². The molecule has 0 spiro atoms. The van der Waals surface area contributed by atoms with E-state index in [0.29, 0.717) is 31.7 Å². The van der Waals surface area contributed by atoms with Gasteiger partial charge >= 0.3 is 5.97 Å². The first-order chi connectivity index (χ1) is 10.1. The fourth-order valence-corrected chi connectivity index (χ4v) is 2.36. The van der Waals surface area contributed by atoms with Crippen molar-refractivity contribution in [1.29, 1.82) is 0 Å². The Bertz CT molecular complexity index is 527. The zero-order valence-electron chi connectivity index (χ0n) is 12.2. The molecule has 1 aliphatic rings. The van der Waals surface area contributed by atoms with Crippen molar-refractivity contribution in [3.05, 3.63) is 34.9 Å². The Morgan fingerprint density at radius 1 is 1.29 bits per heavy atom. The normalized spacial score (nSPS) is 14.5. The summed E-state index contributed by atoms with van der Waals surface area (Å²) in [4.78, 5) is 22.5. The monoisotopic (exact) mass is 291 g/mol. The molecule has 0 saturated heterocycles. The van der Waals surface area contributed by atoms with Crippen molar-refractivity contribution in [2.24, 2.45) is 5.92 Å². The number of fused-ring (bicyclic) bond motifs is 1. The third-order valence-electron chi connectivity index (χ3n) is 3.76. The van der Waals surface area contributed by atoms with Gasteiger partial charge in [-0.05, 0) is 42.0 Å². The highest BCUT2D eigenvalue weighted by Crippen LogP contribution is 2.20. The standard InChI is InChI=1S/C16H21NO4/c1-11(2-5-15(18)19)6-7-17-16(20)12-3-4-13-9-21-10-14(13)8-12/h3-4,8,11H,2,5-7,9-10H2,1H3,(H,17,20)(H,18,19). The van der Waals surface area contributed by atoms with Crippen LogP contribution in [0.5, 0.6) is 0 Å². The maximum absolute atomic E-state index is 12.0. The number of rotatable bonds is 7. The Labute approximate surface area is 124 Å². The third kappa shape index (κ3) is 4.56. The number of carbonyl (C=O) groups excluding carboxylic acids is 1. The smallest absolute Gasteiger partial charge is 0.303 e. The number of nitrogens with one attached hydrogen (secondary N) is 1. The Hall–Kier alpha value is -1.88. The zero-order chi connectivity index (χ0) is 15.2. The Kier molecular flexibility index (Phi) is 5.33. The topological polar surface area (TPSA) is 75.6 Å². The van der Waals surface area contributed by atoms with Gasteiger partial charge in [-0.15, -0.1) is 0 Å². The van der Waals surface area contributed by atoms with Crippen LogP contribution in [0.15, 0.2) is 18.2 Å². The molecule has 1 amide bonds. The molecule has 0 aromatic heterocycles. The molecule has 5 heteroatoms. The molecule has 0 bridgehead atoms. The molecule has 1 heterocycles. The minimum atomic E-state index is -0.772. The summed E-state index contributed by atoms with van der Waals surface area (Å²) < 4.78 is 5.33. The number of aliphatic carboxylic acids is 1. The van der Waals surface area contributed by atoms with Crippen molar-refractivity contribution in [3.63, 3.8) is 0 Å². The molecule has 1 unspecified atom stereocenters. The van der Waals surface area contributed by atoms with Crippen molar-refractivity contribution in [3.8, 4) is 0 Å². The van der Waals surface area contributed by atoms with Crippen molar-refractivity contribution < 1.29 is 19.4 Å². The zero-order valence-corrected chi connectivity index (χ0v) is 12.2. The first-order valence-corrected chi connectivity index (χ1v) is 7.26. The number of carboxylic acids is 1. The number of ether oxygens (including phenoxy) is 1. The summed E-state index contributed by atoms with van der Waals surface area (Å²) in [6.07, 6.45) is 1.61. The van der Waals surface area contributed by atoms with E-state index in [1.807, 2.05) is 25.1 Å². The molecule has 2 rings (SSSR count). The van der Waals surface area contributed by atoms with Gasteiger partial charge < -0.3 is 15.2 Å². The van der Waals surface area contributed by atoms with Gasteiger partial charge in [0.15, 0.2) is 0 Å². The maximum atomic E-state index is 12.0. The lowest BCUT2D eigenvalue weighted by molar-refractivity contribution is -0.137. The van der Waals surface area contributed by atoms with Gasteiger partial charge in [0.2, 0.25) is 0 Å². The summed E-state index contributed by atoms with van der Waals surface area (Å²) in [6.45, 7) is 3.76. The molecular formula is C16H21NO4. The van der Waals surface area contributed by atoms with Crippen LogP contribution in [0.3, 0.4) is 0 Å². The van der Waals surface area contributed by atoms with Gasteiger partial charge in [0.25, 0.3) is 5.91 Å². The fraction of sp³-hybridized carbons (Fsp3) is 0.500. The molecule has 1 atom stereocenters. The molecular weight excluding hydrogens is 270 g/mol. The number of hydrogen-bond donors (Lipinski definition) is 2. The molecule has 1 aromatic rings. The minimum Gasteiger partial charge on any atom is -0.481 e. The van der Waals surface area contributed by atoms with Crippen LogP contribution in [0, 0.1) is 5.92 Å². The van der Waals surface area contributed by atoms with Gasteiger partial charge in [-0.1, -0.05) is 13.0 Å². The quantitative estimate of drug-likeness (QED) is 0.808. The van der Waals surface area contributed by atoms with Crippen LogP contribution in [-0.2, 0) is 22.7 Å². The van der Waals surface area contributed by atoms with E-state index in [9.17, 15) is 9.59 Å². The van der Waals surface area contributed by atoms with Gasteiger partial charge in [-0.2, -0.15) is 0 Å². The highest BCUT2D eigenvalue weighted by Gasteiger charge is 2.14. The van der Waals surface area contributed by atoms with E-state index in [2.05, 4.69) is 5.32 Å². The number of carbonyl (C=O) groups is 2. The van der Waals surface area contributed by atoms with Gasteiger partial charge in [-0.3, -0.25) is 9.59 Å². The van der Waals surface area contributed by atoms with Gasteiger partial charge in [0.1, 0.15) is 0 Å². The van der Waals surface area contributed by atoms with Crippen molar-refractivity contribution in [1.82, 2.24) is 5.32 Å². The van der Waals surface area contributed by atoms with Crippen LogP contribution < -0.4 is 5.32 Å². The van der Waals surface area contributed by atoms with E-state index >= 15 is 0 Å². The SMILES string of the molecule is CC(CCNC(=O)c1ccc2c(c1)COC2)CCC(=O)O. The third-order valence-corrected chi connectivity index (χ3v) is 3.76. The van der Waals surface area contributed by atoms with E-state index in [0.717, 1.165) is 17.5 Å². The lowest BCUT2D eigenvalue weighted by atomic mass is 10.0. The molecule has 0 aliphatic carbocycles. The van der Waals surface area contributed by atoms with Crippen LogP contribution in [0.2, 0.25) is 0 Å².